The molecule has 0 saturated heterocycles. The maximum atomic E-state index is 12.0. The highest BCUT2D eigenvalue weighted by Gasteiger charge is 2.02. The van der Waals surface area contributed by atoms with Crippen LogP contribution in [0.15, 0.2) is 60.8 Å². The van der Waals surface area contributed by atoms with E-state index >= 15 is 0 Å². The molecule has 156 valence electrons. The average molecular weight is 423 g/mol. The minimum atomic E-state index is -0.0725. The first-order valence-electron chi connectivity index (χ1n) is 10.0. The summed E-state index contributed by atoms with van der Waals surface area (Å²) >= 11 is 6.03. The van der Waals surface area contributed by atoms with Gasteiger partial charge >= 0.3 is 0 Å². The molecule has 0 aliphatic rings. The molecule has 2 aromatic carbocycles. The number of amides is 1. The van der Waals surface area contributed by atoms with Gasteiger partial charge in [-0.2, -0.15) is 0 Å². The third-order valence-electron chi connectivity index (χ3n) is 4.76. The van der Waals surface area contributed by atoms with Crippen LogP contribution in [-0.2, 0) is 4.79 Å². The monoisotopic (exact) mass is 422 g/mol. The minimum Gasteiger partial charge on any atom is -0.384 e. The van der Waals surface area contributed by atoms with Crippen molar-refractivity contribution in [3.8, 4) is 0 Å². The van der Waals surface area contributed by atoms with Crippen LogP contribution >= 0.6 is 11.6 Å². The van der Waals surface area contributed by atoms with Crippen molar-refractivity contribution < 1.29 is 4.79 Å². The van der Waals surface area contributed by atoms with Gasteiger partial charge in [-0.15, -0.1) is 0 Å². The fourth-order valence-corrected chi connectivity index (χ4v) is 3.24. The fourth-order valence-electron chi connectivity index (χ4n) is 3.07. The first kappa shape index (κ1) is 21.7. The Balaban J connectivity index is 1.37. The molecule has 3 aromatic rings. The van der Waals surface area contributed by atoms with E-state index in [1.54, 1.807) is 12.3 Å². The molecule has 1 aromatic heterocycles. The molecule has 30 heavy (non-hydrogen) atoms. The largest absolute Gasteiger partial charge is 0.384 e. The molecule has 2 N–H and O–H groups in total. The van der Waals surface area contributed by atoms with Gasteiger partial charge in [0.15, 0.2) is 0 Å². The molecule has 0 spiro atoms. The summed E-state index contributed by atoms with van der Waals surface area (Å²) in [6.45, 7) is 1.47. The van der Waals surface area contributed by atoms with Gasteiger partial charge in [0.25, 0.3) is 0 Å². The number of carbonyl (C=O) groups excluding carboxylic acids is 1. The van der Waals surface area contributed by atoms with Crippen molar-refractivity contribution >= 4 is 45.9 Å². The number of nitrogens with one attached hydrogen (secondary N) is 2. The van der Waals surface area contributed by atoms with Crippen LogP contribution in [0.25, 0.3) is 17.0 Å². The summed E-state index contributed by atoms with van der Waals surface area (Å²) in [6.07, 6.45) is 7.04. The van der Waals surface area contributed by atoms with Gasteiger partial charge in [0, 0.05) is 61.2 Å². The number of nitrogens with zero attached hydrogens (tertiary/aromatic N) is 2. The standard InChI is InChI=1S/C24H27ClN4O/c1-29(2)20-9-5-18(6-10-20)7-12-24(30)28-15-4-3-14-26-22-13-16-27-23-17-19(25)8-11-21(22)23/h5-13,16-17H,3-4,14-15H2,1-2H3,(H,26,27)(H,28,30)/b12-7+. The molecule has 0 aliphatic carbocycles. The Morgan fingerprint density at radius 3 is 2.60 bits per heavy atom. The van der Waals surface area contributed by atoms with Crippen LogP contribution in [0.1, 0.15) is 18.4 Å². The molecular formula is C24H27ClN4O. The molecule has 0 fully saturated rings. The second kappa shape index (κ2) is 10.6. The molecule has 0 aliphatic heterocycles. The second-order valence-electron chi connectivity index (χ2n) is 7.26. The molecule has 5 nitrogen and oxygen atoms in total. The van der Waals surface area contributed by atoms with E-state index < -0.39 is 0 Å². The van der Waals surface area contributed by atoms with Gasteiger partial charge in [0.05, 0.1) is 5.52 Å². The summed E-state index contributed by atoms with van der Waals surface area (Å²) in [7, 11) is 4.01. The third-order valence-corrected chi connectivity index (χ3v) is 4.99. The van der Waals surface area contributed by atoms with Crippen LogP contribution in [0.5, 0.6) is 0 Å². The molecule has 1 amide bonds. The number of benzene rings is 2. The van der Waals surface area contributed by atoms with E-state index in [0.717, 1.165) is 47.2 Å². The lowest BCUT2D eigenvalue weighted by Gasteiger charge is -2.11. The zero-order chi connectivity index (χ0) is 21.3. The number of aromatic nitrogens is 1. The molecule has 3 rings (SSSR count). The highest BCUT2D eigenvalue weighted by Crippen LogP contribution is 2.24. The molecule has 0 atom stereocenters. The zero-order valence-electron chi connectivity index (χ0n) is 17.4. The van der Waals surface area contributed by atoms with E-state index in [-0.39, 0.29) is 5.91 Å². The quantitative estimate of drug-likeness (QED) is 0.377. The van der Waals surface area contributed by atoms with Gasteiger partial charge in [0.2, 0.25) is 5.91 Å². The fraction of sp³-hybridized carbons (Fsp3) is 0.250. The van der Waals surface area contributed by atoms with E-state index in [1.165, 1.54) is 0 Å². The lowest BCUT2D eigenvalue weighted by atomic mass is 10.2. The lowest BCUT2D eigenvalue weighted by molar-refractivity contribution is -0.116. The maximum absolute atomic E-state index is 12.0. The molecule has 1 heterocycles. The minimum absolute atomic E-state index is 0.0725. The summed E-state index contributed by atoms with van der Waals surface area (Å²) in [6, 6.07) is 15.7. The molecular weight excluding hydrogens is 396 g/mol. The van der Waals surface area contributed by atoms with Crippen molar-refractivity contribution in [3.05, 3.63) is 71.4 Å². The SMILES string of the molecule is CN(C)c1ccc(/C=C/C(=O)NCCCCNc2ccnc3cc(Cl)ccc23)cc1. The molecule has 0 bridgehead atoms. The van der Waals surface area contributed by atoms with Gasteiger partial charge in [-0.3, -0.25) is 9.78 Å². The van der Waals surface area contributed by atoms with Crippen LogP contribution in [0.4, 0.5) is 11.4 Å². The smallest absolute Gasteiger partial charge is 0.243 e. The average Bonchev–Trinajstić information content (AvgIpc) is 2.74. The lowest BCUT2D eigenvalue weighted by Crippen LogP contribution is -2.22. The maximum Gasteiger partial charge on any atom is 0.243 e. The van der Waals surface area contributed by atoms with Gasteiger partial charge in [-0.25, -0.2) is 0 Å². The van der Waals surface area contributed by atoms with Crippen LogP contribution in [-0.4, -0.2) is 38.1 Å². The third kappa shape index (κ3) is 6.22. The molecule has 0 unspecified atom stereocenters. The Labute approximate surface area is 182 Å². The van der Waals surface area contributed by atoms with Crippen LogP contribution < -0.4 is 15.5 Å². The number of rotatable bonds is 9. The highest BCUT2D eigenvalue weighted by molar-refractivity contribution is 6.31. The van der Waals surface area contributed by atoms with Crippen molar-refractivity contribution in [2.45, 2.75) is 12.8 Å². The summed E-state index contributed by atoms with van der Waals surface area (Å²) in [4.78, 5) is 18.4. The number of halogens is 1. The topological polar surface area (TPSA) is 57.3 Å². The van der Waals surface area contributed by atoms with Gasteiger partial charge in [0.1, 0.15) is 0 Å². The predicted molar refractivity (Wildman–Crippen MR) is 127 cm³/mol. The van der Waals surface area contributed by atoms with Gasteiger partial charge in [-0.1, -0.05) is 23.7 Å². The van der Waals surface area contributed by atoms with Crippen molar-refractivity contribution in [1.29, 1.82) is 0 Å². The van der Waals surface area contributed by atoms with E-state index in [1.807, 2.05) is 73.6 Å². The summed E-state index contributed by atoms with van der Waals surface area (Å²) in [5.41, 5.74) is 4.06. The number of hydrogen-bond donors (Lipinski definition) is 2. The van der Waals surface area contributed by atoms with E-state index in [0.29, 0.717) is 11.6 Å². The van der Waals surface area contributed by atoms with Crippen LogP contribution in [0.2, 0.25) is 5.02 Å². The molecule has 0 radical (unpaired) electrons. The van der Waals surface area contributed by atoms with Crippen LogP contribution in [0, 0.1) is 0 Å². The Morgan fingerprint density at radius 1 is 1.07 bits per heavy atom. The van der Waals surface area contributed by atoms with Gasteiger partial charge in [-0.05, 0) is 60.9 Å². The number of unbranched alkanes of at least 4 members (excludes halogenated alkanes) is 1. The van der Waals surface area contributed by atoms with Gasteiger partial charge < -0.3 is 15.5 Å². The zero-order valence-corrected chi connectivity index (χ0v) is 18.1. The number of carbonyl (C=O) groups is 1. The number of pyridine rings is 1. The van der Waals surface area contributed by atoms with Crippen molar-refractivity contribution in [2.24, 2.45) is 0 Å². The summed E-state index contributed by atoms with van der Waals surface area (Å²) in [5.74, 6) is -0.0725. The number of fused-ring (bicyclic) bond motifs is 1. The Kier molecular flexibility index (Phi) is 7.69. The van der Waals surface area contributed by atoms with Crippen molar-refractivity contribution in [1.82, 2.24) is 10.3 Å². The first-order chi connectivity index (χ1) is 14.5. The highest BCUT2D eigenvalue weighted by atomic mass is 35.5. The van der Waals surface area contributed by atoms with Crippen LogP contribution in [0.3, 0.4) is 0 Å². The molecule has 6 heteroatoms. The predicted octanol–water partition coefficient (Wildman–Crippen LogP) is 4.98. The summed E-state index contributed by atoms with van der Waals surface area (Å²) in [5, 5.41) is 8.11. The van der Waals surface area contributed by atoms with E-state index in [4.69, 9.17) is 11.6 Å². The second-order valence-corrected chi connectivity index (χ2v) is 7.70. The summed E-state index contributed by atoms with van der Waals surface area (Å²) < 4.78 is 0. The Bertz CT molecular complexity index is 1020. The van der Waals surface area contributed by atoms with E-state index in [2.05, 4.69) is 15.6 Å². The normalized spacial score (nSPS) is 11.0. The number of anilines is 2. The Hall–Kier alpha value is -3.05. The first-order valence-corrected chi connectivity index (χ1v) is 10.4. The van der Waals surface area contributed by atoms with E-state index in [9.17, 15) is 4.79 Å². The molecule has 0 saturated carbocycles. The Morgan fingerprint density at radius 2 is 1.83 bits per heavy atom. The van der Waals surface area contributed by atoms with Crippen molar-refractivity contribution in [2.75, 3.05) is 37.4 Å². The number of hydrogen-bond acceptors (Lipinski definition) is 4. The van der Waals surface area contributed by atoms with Crippen molar-refractivity contribution in [3.63, 3.8) is 0 Å².